The van der Waals surface area contributed by atoms with Crippen LogP contribution in [0.3, 0.4) is 0 Å². The lowest BCUT2D eigenvalue weighted by Gasteiger charge is -2.18. The van der Waals surface area contributed by atoms with Crippen LogP contribution in [0.4, 0.5) is 0 Å². The predicted octanol–water partition coefficient (Wildman–Crippen LogP) is 5.66. The van der Waals surface area contributed by atoms with Crippen molar-refractivity contribution in [2.45, 2.75) is 33.1 Å². The van der Waals surface area contributed by atoms with E-state index >= 15 is 0 Å². The van der Waals surface area contributed by atoms with Gasteiger partial charge in [-0.15, -0.1) is 11.3 Å². The second-order valence-corrected chi connectivity index (χ2v) is 7.15. The van der Waals surface area contributed by atoms with E-state index in [0.29, 0.717) is 0 Å². The Kier molecular flexibility index (Phi) is 2.49. The minimum Gasteiger partial charge on any atom is -0.135 e. The van der Waals surface area contributed by atoms with Crippen molar-refractivity contribution < 1.29 is 0 Å². The Morgan fingerprint density at radius 1 is 0.833 bits per heavy atom. The van der Waals surface area contributed by atoms with E-state index in [-0.39, 0.29) is 5.41 Å². The van der Waals surface area contributed by atoms with Gasteiger partial charge in [-0.1, -0.05) is 38.5 Å². The molecule has 3 aromatic rings. The monoisotopic (exact) mass is 254 g/mol. The van der Waals surface area contributed by atoms with Crippen molar-refractivity contribution in [3.63, 3.8) is 0 Å². The van der Waals surface area contributed by atoms with Crippen LogP contribution >= 0.6 is 11.3 Å². The molecule has 0 fully saturated rings. The Bertz CT molecular complexity index is 726. The average Bonchev–Trinajstić information content (AvgIpc) is 2.65. The van der Waals surface area contributed by atoms with Gasteiger partial charge >= 0.3 is 0 Å². The number of benzene rings is 2. The van der Waals surface area contributed by atoms with Gasteiger partial charge in [0.25, 0.3) is 0 Å². The molecule has 0 aliphatic heterocycles. The van der Waals surface area contributed by atoms with Crippen molar-refractivity contribution >= 4 is 31.5 Å². The number of thiophene rings is 1. The number of fused-ring (bicyclic) bond motifs is 3. The lowest BCUT2D eigenvalue weighted by atomic mass is 9.86. The highest BCUT2D eigenvalue weighted by atomic mass is 32.1. The normalized spacial score (nSPS) is 12.4. The fraction of sp³-hybridized carbons (Fsp3) is 0.294. The summed E-state index contributed by atoms with van der Waals surface area (Å²) in [5, 5.41) is 2.81. The van der Waals surface area contributed by atoms with E-state index in [9.17, 15) is 0 Å². The fourth-order valence-corrected chi connectivity index (χ4v) is 3.42. The summed E-state index contributed by atoms with van der Waals surface area (Å²) in [4.78, 5) is 0. The molecular formula is C17H18S. The van der Waals surface area contributed by atoms with Crippen molar-refractivity contribution in [1.29, 1.82) is 0 Å². The highest BCUT2D eigenvalue weighted by Crippen LogP contribution is 2.36. The Hall–Kier alpha value is -1.34. The van der Waals surface area contributed by atoms with Crippen LogP contribution in [0.15, 0.2) is 36.4 Å². The highest BCUT2D eigenvalue weighted by Gasteiger charge is 2.15. The van der Waals surface area contributed by atoms with Gasteiger partial charge in [0.1, 0.15) is 0 Å². The Labute approximate surface area is 112 Å². The molecule has 1 aromatic heterocycles. The van der Waals surface area contributed by atoms with E-state index in [1.54, 1.807) is 0 Å². The van der Waals surface area contributed by atoms with Gasteiger partial charge in [-0.05, 0) is 42.2 Å². The molecule has 1 heterocycles. The smallest absolute Gasteiger partial charge is 0.0355 e. The van der Waals surface area contributed by atoms with Gasteiger partial charge in [0, 0.05) is 20.2 Å². The molecular weight excluding hydrogens is 236 g/mol. The summed E-state index contributed by atoms with van der Waals surface area (Å²) in [6.07, 6.45) is 0. The van der Waals surface area contributed by atoms with Crippen LogP contribution in [0.2, 0.25) is 0 Å². The SMILES string of the molecule is Cc1ccc2sc3ccc(C(C)(C)C)cc3c2c1. The zero-order valence-corrected chi connectivity index (χ0v) is 12.2. The van der Waals surface area contributed by atoms with E-state index in [1.807, 2.05) is 11.3 Å². The molecule has 3 rings (SSSR count). The number of hydrogen-bond donors (Lipinski definition) is 0. The molecule has 0 N–H and O–H groups in total. The summed E-state index contributed by atoms with van der Waals surface area (Å²) in [5.74, 6) is 0. The van der Waals surface area contributed by atoms with Crippen LogP contribution in [0, 0.1) is 6.92 Å². The number of rotatable bonds is 0. The van der Waals surface area contributed by atoms with E-state index in [1.165, 1.54) is 31.3 Å². The third-order valence-corrected chi connectivity index (χ3v) is 4.64. The topological polar surface area (TPSA) is 0 Å². The maximum atomic E-state index is 2.37. The second-order valence-electron chi connectivity index (χ2n) is 6.06. The van der Waals surface area contributed by atoms with Crippen LogP contribution in [-0.2, 0) is 5.41 Å². The third-order valence-electron chi connectivity index (χ3n) is 3.49. The zero-order chi connectivity index (χ0) is 12.9. The molecule has 0 atom stereocenters. The van der Waals surface area contributed by atoms with Gasteiger partial charge in [-0.25, -0.2) is 0 Å². The lowest BCUT2D eigenvalue weighted by molar-refractivity contribution is 0.591. The lowest BCUT2D eigenvalue weighted by Crippen LogP contribution is -2.10. The van der Waals surface area contributed by atoms with Gasteiger partial charge in [0.05, 0.1) is 0 Å². The molecule has 0 aliphatic rings. The molecule has 92 valence electrons. The fourth-order valence-electron chi connectivity index (χ4n) is 2.36. The van der Waals surface area contributed by atoms with Crippen LogP contribution in [-0.4, -0.2) is 0 Å². The largest absolute Gasteiger partial charge is 0.135 e. The zero-order valence-electron chi connectivity index (χ0n) is 11.4. The molecule has 0 bridgehead atoms. The molecule has 2 aromatic carbocycles. The first-order chi connectivity index (χ1) is 8.45. The van der Waals surface area contributed by atoms with Crippen LogP contribution < -0.4 is 0 Å². The summed E-state index contributed by atoms with van der Waals surface area (Å²) in [6.45, 7) is 8.98. The van der Waals surface area contributed by atoms with Gasteiger partial charge in [-0.2, -0.15) is 0 Å². The molecule has 0 aliphatic carbocycles. The van der Waals surface area contributed by atoms with Gasteiger partial charge in [0.15, 0.2) is 0 Å². The highest BCUT2D eigenvalue weighted by molar-refractivity contribution is 7.25. The van der Waals surface area contributed by atoms with Crippen molar-refractivity contribution in [3.05, 3.63) is 47.5 Å². The van der Waals surface area contributed by atoms with Crippen LogP contribution in [0.1, 0.15) is 31.9 Å². The first-order valence-corrected chi connectivity index (χ1v) is 7.20. The minimum absolute atomic E-state index is 0.215. The molecule has 1 heteroatoms. The Morgan fingerprint density at radius 2 is 1.44 bits per heavy atom. The summed E-state index contributed by atoms with van der Waals surface area (Å²) in [5.41, 5.74) is 2.96. The predicted molar refractivity (Wildman–Crippen MR) is 82.8 cm³/mol. The van der Waals surface area contributed by atoms with E-state index in [2.05, 4.69) is 64.1 Å². The van der Waals surface area contributed by atoms with Gasteiger partial charge in [-0.3, -0.25) is 0 Å². The van der Waals surface area contributed by atoms with Crippen molar-refractivity contribution in [1.82, 2.24) is 0 Å². The molecule has 0 spiro atoms. The Balaban J connectivity index is 2.38. The molecule has 0 amide bonds. The second kappa shape index (κ2) is 3.83. The van der Waals surface area contributed by atoms with Crippen LogP contribution in [0.25, 0.3) is 20.2 Å². The van der Waals surface area contributed by atoms with E-state index in [4.69, 9.17) is 0 Å². The number of hydrogen-bond acceptors (Lipinski definition) is 1. The van der Waals surface area contributed by atoms with E-state index in [0.717, 1.165) is 0 Å². The van der Waals surface area contributed by atoms with Crippen LogP contribution in [0.5, 0.6) is 0 Å². The van der Waals surface area contributed by atoms with Crippen molar-refractivity contribution in [2.24, 2.45) is 0 Å². The quantitative estimate of drug-likeness (QED) is 0.485. The minimum atomic E-state index is 0.215. The van der Waals surface area contributed by atoms with Crippen molar-refractivity contribution in [3.8, 4) is 0 Å². The molecule has 0 nitrogen and oxygen atoms in total. The maximum Gasteiger partial charge on any atom is 0.0355 e. The van der Waals surface area contributed by atoms with Gasteiger partial charge < -0.3 is 0 Å². The third kappa shape index (κ3) is 1.83. The maximum absolute atomic E-state index is 2.37. The number of aryl methyl sites for hydroxylation is 1. The molecule has 0 radical (unpaired) electrons. The Morgan fingerprint density at radius 3 is 2.11 bits per heavy atom. The van der Waals surface area contributed by atoms with Crippen molar-refractivity contribution in [2.75, 3.05) is 0 Å². The summed E-state index contributed by atoms with van der Waals surface area (Å²) in [7, 11) is 0. The first-order valence-electron chi connectivity index (χ1n) is 6.38. The first kappa shape index (κ1) is 11.7. The summed E-state index contributed by atoms with van der Waals surface area (Å²) < 4.78 is 2.78. The average molecular weight is 254 g/mol. The molecule has 18 heavy (non-hydrogen) atoms. The molecule has 0 saturated heterocycles. The standard InChI is InChI=1S/C17H18S/c1-11-5-7-15-13(9-11)14-10-12(17(2,3)4)6-8-16(14)18-15/h5-10H,1-4H3. The van der Waals surface area contributed by atoms with E-state index < -0.39 is 0 Å². The summed E-state index contributed by atoms with van der Waals surface area (Å²) in [6, 6.07) is 13.7. The van der Waals surface area contributed by atoms with Gasteiger partial charge in [0.2, 0.25) is 0 Å². The molecule has 0 unspecified atom stereocenters. The molecule has 0 saturated carbocycles. The summed E-state index contributed by atoms with van der Waals surface area (Å²) >= 11 is 1.89.